The molecule has 2 aromatic carbocycles. The van der Waals surface area contributed by atoms with Gasteiger partial charge in [0.05, 0.1) is 28.5 Å². The molecule has 7 heterocycles. The fourth-order valence-electron chi connectivity index (χ4n) is 10.0. The first-order valence-corrected chi connectivity index (χ1v) is 24.3. The van der Waals surface area contributed by atoms with Crippen LogP contribution in [-0.2, 0) is 21.1 Å². The predicted molar refractivity (Wildman–Crippen MR) is 242 cm³/mol. The summed E-state index contributed by atoms with van der Waals surface area (Å²) in [6, 6.07) is 8.23. The van der Waals surface area contributed by atoms with Gasteiger partial charge in [-0.25, -0.2) is 28.2 Å². The SMILES string of the molecule is CCP(=O)(CC)c1ccc(-n2ccn(-c3c4c(nn3-c3cc(C)c(F)c(C)c3)CCN(C(=O)c3nn5cc(C6CCOCC6)cnc5c3C3(c5noc(=O)[nH]5)CC3)[C@H]4C)c2=O)cc1NC. The standard InChI is InChI=1S/C46H51FN11O6P/c1-7-65(62,8-2)35-10-9-31(23-34(35)48-6)55-17-18-56(45(55)61)41-36-28(5)54(16-11-33(36)51-58(41)32-21-26(3)38(47)27(4)22-32)42(59)39-37(46(14-15-46)43-50-44(60)64-53-43)40-49-24-30(25-57(40)52-39)29-12-19-63-20-13-29/h9-10,17-18,21-25,28-29,48H,7-8,11-16,19-20H2,1-6H3,(H,50,53,60)/t28-/m0/s1. The van der Waals surface area contributed by atoms with E-state index in [2.05, 4.69) is 15.5 Å². The summed E-state index contributed by atoms with van der Waals surface area (Å²) in [6.07, 6.45) is 11.3. The highest BCUT2D eigenvalue weighted by Crippen LogP contribution is 2.54. The summed E-state index contributed by atoms with van der Waals surface area (Å²) in [6.45, 7) is 10.7. The topological polar surface area (TPSA) is 192 Å². The highest BCUT2D eigenvalue weighted by atomic mass is 31.2. The van der Waals surface area contributed by atoms with E-state index in [1.165, 1.54) is 9.13 Å². The first kappa shape index (κ1) is 42.6. The summed E-state index contributed by atoms with van der Waals surface area (Å²) in [5, 5.41) is 18.1. The van der Waals surface area contributed by atoms with E-state index in [-0.39, 0.29) is 29.9 Å². The normalized spacial score (nSPS) is 17.5. The molecule has 0 spiro atoms. The van der Waals surface area contributed by atoms with Crippen LogP contribution in [0.3, 0.4) is 0 Å². The van der Waals surface area contributed by atoms with Crippen molar-refractivity contribution in [3.8, 4) is 17.2 Å². The van der Waals surface area contributed by atoms with E-state index >= 15 is 9.18 Å². The number of H-pyrrole nitrogens is 1. The van der Waals surface area contributed by atoms with Gasteiger partial charge in [-0.15, -0.1) is 0 Å². The molecule has 1 saturated heterocycles. The van der Waals surface area contributed by atoms with Crippen LogP contribution < -0.4 is 22.1 Å². The van der Waals surface area contributed by atoms with Gasteiger partial charge in [-0.05, 0) is 99.4 Å². The quantitative estimate of drug-likeness (QED) is 0.143. The fraction of sp³-hybridized carbons (Fsp3) is 0.413. The Bertz CT molecular complexity index is 3170. The van der Waals surface area contributed by atoms with Crippen LogP contribution in [0.1, 0.15) is 108 Å². The van der Waals surface area contributed by atoms with Crippen LogP contribution >= 0.6 is 7.14 Å². The van der Waals surface area contributed by atoms with E-state index in [1.54, 1.807) is 65.6 Å². The zero-order chi connectivity index (χ0) is 45.5. The summed E-state index contributed by atoms with van der Waals surface area (Å²) in [5.74, 6) is -0.442. The molecule has 2 fully saturated rings. The maximum Gasteiger partial charge on any atom is 0.438 e. The van der Waals surface area contributed by atoms with Crippen molar-refractivity contribution in [1.29, 1.82) is 0 Å². The second kappa shape index (κ2) is 15.9. The van der Waals surface area contributed by atoms with E-state index < -0.39 is 30.0 Å². The molecule has 1 atom stereocenters. The number of nitrogens with one attached hydrogen (secondary N) is 2. The van der Waals surface area contributed by atoms with Gasteiger partial charge >= 0.3 is 11.4 Å². The number of anilines is 1. The first-order chi connectivity index (χ1) is 31.3. The van der Waals surface area contributed by atoms with Crippen LogP contribution in [0.2, 0.25) is 0 Å². The summed E-state index contributed by atoms with van der Waals surface area (Å²) in [4.78, 5) is 51.8. The van der Waals surface area contributed by atoms with Gasteiger partial charge in [0, 0.05) is 92.5 Å². The van der Waals surface area contributed by atoms with Crippen molar-refractivity contribution in [3.63, 3.8) is 0 Å². The second-order valence-electron chi connectivity index (χ2n) is 17.5. The predicted octanol–water partition coefficient (Wildman–Crippen LogP) is 6.09. The minimum atomic E-state index is -2.66. The Labute approximate surface area is 373 Å². The number of rotatable bonds is 11. The molecule has 1 aliphatic carbocycles. The number of aromatic nitrogens is 9. The van der Waals surface area contributed by atoms with Crippen LogP contribution in [0, 0.1) is 19.7 Å². The lowest BCUT2D eigenvalue weighted by molar-refractivity contribution is 0.0669. The maximum atomic E-state index is 15.3. The molecule has 7 aromatic rings. The van der Waals surface area contributed by atoms with Gasteiger partial charge in [-0.1, -0.05) is 19.0 Å². The van der Waals surface area contributed by atoms with Crippen LogP contribution in [0.5, 0.6) is 0 Å². The highest BCUT2D eigenvalue weighted by molar-refractivity contribution is 7.71. The number of carbonyl (C=O) groups is 1. The summed E-state index contributed by atoms with van der Waals surface area (Å²) in [5.41, 5.74) is 4.93. The van der Waals surface area contributed by atoms with Gasteiger partial charge in [-0.3, -0.25) is 23.4 Å². The number of benzene rings is 2. The Hall–Kier alpha value is -6.39. The number of halogens is 1. The third-order valence-corrected chi connectivity index (χ3v) is 17.2. The number of hydrogen-bond donors (Lipinski definition) is 2. The largest absolute Gasteiger partial charge is 0.438 e. The molecule has 19 heteroatoms. The zero-order valence-corrected chi connectivity index (χ0v) is 38.1. The number of amides is 1. The molecule has 5 aromatic heterocycles. The molecule has 1 saturated carbocycles. The van der Waals surface area contributed by atoms with Gasteiger partial charge < -0.3 is 19.5 Å². The van der Waals surface area contributed by atoms with E-state index in [1.807, 2.05) is 45.3 Å². The average molecular weight is 904 g/mol. The number of hydrogen-bond acceptors (Lipinski definition) is 11. The van der Waals surface area contributed by atoms with E-state index in [9.17, 15) is 14.2 Å². The molecular weight excluding hydrogens is 853 g/mol. The Morgan fingerprint density at radius 1 is 1.02 bits per heavy atom. The Kier molecular flexibility index (Phi) is 10.4. The maximum absolute atomic E-state index is 15.3. The minimum Gasteiger partial charge on any atom is -0.387 e. The molecule has 3 aliphatic rings. The fourth-order valence-corrected chi connectivity index (χ4v) is 12.1. The van der Waals surface area contributed by atoms with Crippen molar-refractivity contribution < 1.29 is 23.0 Å². The molecule has 0 unspecified atom stereocenters. The average Bonchev–Trinajstić information content (AvgIpc) is 3.60. The Morgan fingerprint density at radius 2 is 1.74 bits per heavy atom. The molecule has 2 N–H and O–H groups in total. The van der Waals surface area contributed by atoms with E-state index in [0.29, 0.717) is 107 Å². The van der Waals surface area contributed by atoms with Crippen molar-refractivity contribution in [2.45, 2.75) is 84.1 Å². The van der Waals surface area contributed by atoms with Gasteiger partial charge in [-0.2, -0.15) is 10.2 Å². The van der Waals surface area contributed by atoms with Crippen molar-refractivity contribution >= 4 is 29.7 Å². The third kappa shape index (κ3) is 6.82. The summed E-state index contributed by atoms with van der Waals surface area (Å²) in [7, 11) is -0.884. The van der Waals surface area contributed by atoms with Crippen LogP contribution in [0.25, 0.3) is 22.8 Å². The number of ether oxygens (including phenoxy) is 1. The number of imidazole rings is 1. The minimum absolute atomic E-state index is 0.180. The number of carbonyl (C=O) groups excluding carboxylic acids is 1. The van der Waals surface area contributed by atoms with Gasteiger partial charge in [0.1, 0.15) is 18.8 Å². The first-order valence-electron chi connectivity index (χ1n) is 22.2. The van der Waals surface area contributed by atoms with Gasteiger partial charge in [0.25, 0.3) is 5.91 Å². The van der Waals surface area contributed by atoms with E-state index in [0.717, 1.165) is 23.7 Å². The summed E-state index contributed by atoms with van der Waals surface area (Å²) >= 11 is 0. The smallest absolute Gasteiger partial charge is 0.387 e. The molecular formula is C46H51FN11O6P. The Morgan fingerprint density at radius 3 is 2.40 bits per heavy atom. The number of nitrogens with zero attached hydrogens (tertiary/aromatic N) is 9. The van der Waals surface area contributed by atoms with Crippen LogP contribution in [-0.4, -0.2) is 93.6 Å². The molecule has 1 amide bonds. The van der Waals surface area contributed by atoms with E-state index in [4.69, 9.17) is 24.4 Å². The Balaban J connectivity index is 1.10. The molecule has 17 nitrogen and oxygen atoms in total. The molecule has 2 aliphatic heterocycles. The molecule has 0 radical (unpaired) electrons. The zero-order valence-electron chi connectivity index (χ0n) is 37.2. The van der Waals surface area contributed by atoms with Crippen molar-refractivity contribution in [2.75, 3.05) is 44.4 Å². The monoisotopic (exact) mass is 903 g/mol. The van der Waals surface area contributed by atoms with Crippen molar-refractivity contribution in [1.82, 2.24) is 48.6 Å². The lowest BCUT2D eigenvalue weighted by atomic mass is 9.92. The van der Waals surface area contributed by atoms with Gasteiger partial charge in [0.15, 0.2) is 17.2 Å². The molecule has 0 bridgehead atoms. The number of aromatic amines is 1. The molecule has 10 rings (SSSR count). The lowest BCUT2D eigenvalue weighted by Gasteiger charge is -2.33. The molecule has 65 heavy (non-hydrogen) atoms. The summed E-state index contributed by atoms with van der Waals surface area (Å²) < 4.78 is 45.9. The number of fused-ring (bicyclic) bond motifs is 2. The van der Waals surface area contributed by atoms with Gasteiger partial charge in [0.2, 0.25) is 0 Å². The molecule has 338 valence electrons. The third-order valence-electron chi connectivity index (χ3n) is 13.9. The van der Waals surface area contributed by atoms with Crippen molar-refractivity contribution in [2.24, 2.45) is 0 Å². The number of aryl methyl sites for hydroxylation is 2. The van der Waals surface area contributed by atoms with Crippen LogP contribution in [0.4, 0.5) is 10.1 Å². The van der Waals surface area contributed by atoms with Crippen LogP contribution in [0.15, 0.2) is 69.2 Å². The van der Waals surface area contributed by atoms with Crippen molar-refractivity contribution in [3.05, 3.63) is 127 Å². The second-order valence-corrected chi connectivity index (χ2v) is 21.0. The highest BCUT2D eigenvalue weighted by Gasteiger charge is 2.55. The lowest BCUT2D eigenvalue weighted by Crippen LogP contribution is -2.40.